The highest BCUT2D eigenvalue weighted by atomic mass is 16.8. The molecule has 2 rings (SSSR count). The molecule has 25 heavy (non-hydrogen) atoms. The van der Waals surface area contributed by atoms with E-state index >= 15 is 0 Å². The van der Waals surface area contributed by atoms with Crippen molar-refractivity contribution >= 4 is 11.9 Å². The van der Waals surface area contributed by atoms with Crippen molar-refractivity contribution in [3.05, 3.63) is 41.7 Å². The highest BCUT2D eigenvalue weighted by Crippen LogP contribution is 2.27. The normalized spacial score (nSPS) is 17.4. The number of hydrogen-bond acceptors (Lipinski definition) is 6. The summed E-state index contributed by atoms with van der Waals surface area (Å²) in [6.07, 6.45) is 1.06. The maximum absolute atomic E-state index is 12.4. The molecule has 1 aromatic carbocycles. The summed E-state index contributed by atoms with van der Waals surface area (Å²) in [6.45, 7) is 7.17. The van der Waals surface area contributed by atoms with Gasteiger partial charge < -0.3 is 14.2 Å². The number of nitrogens with zero attached hydrogens (tertiary/aromatic N) is 1. The minimum atomic E-state index is -1.08. The second-order valence-electron chi connectivity index (χ2n) is 6.23. The summed E-state index contributed by atoms with van der Waals surface area (Å²) >= 11 is 0. The van der Waals surface area contributed by atoms with Gasteiger partial charge in [0.2, 0.25) is 11.5 Å². The van der Waals surface area contributed by atoms with Crippen LogP contribution in [0.4, 0.5) is 0 Å². The molecule has 1 fully saturated rings. The Kier molecular flexibility index (Phi) is 5.69. The molecular weight excluding hydrogens is 326 g/mol. The van der Waals surface area contributed by atoms with Crippen LogP contribution in [0.5, 0.6) is 5.75 Å². The van der Waals surface area contributed by atoms with Crippen LogP contribution >= 0.6 is 0 Å². The molecule has 136 valence electrons. The van der Waals surface area contributed by atoms with Crippen LogP contribution < -0.4 is 4.74 Å². The van der Waals surface area contributed by atoms with Crippen LogP contribution in [0, 0.1) is 0 Å². The van der Waals surface area contributed by atoms with Gasteiger partial charge in [-0.3, -0.25) is 9.63 Å². The Balaban J connectivity index is 2.15. The lowest BCUT2D eigenvalue weighted by molar-refractivity contribution is -0.173. The van der Waals surface area contributed by atoms with Crippen molar-refractivity contribution in [2.45, 2.75) is 46.1 Å². The molecule has 0 aliphatic carbocycles. The van der Waals surface area contributed by atoms with Crippen molar-refractivity contribution in [1.29, 1.82) is 0 Å². The SMILES string of the molecule is CON(Cc1ccccc1OC(C)C)C(=O)/C=C1\OC(C)(C)OC1=O. The number of benzene rings is 1. The number of carbonyl (C=O) groups excluding carboxylic acids is 2. The Morgan fingerprint density at radius 3 is 2.52 bits per heavy atom. The van der Waals surface area contributed by atoms with E-state index in [1.807, 2.05) is 38.1 Å². The van der Waals surface area contributed by atoms with Crippen LogP contribution in [0.1, 0.15) is 33.3 Å². The summed E-state index contributed by atoms with van der Waals surface area (Å²) in [4.78, 5) is 29.3. The second-order valence-corrected chi connectivity index (χ2v) is 6.23. The Hall–Kier alpha value is -2.54. The van der Waals surface area contributed by atoms with E-state index in [1.54, 1.807) is 13.8 Å². The second kappa shape index (κ2) is 7.57. The van der Waals surface area contributed by atoms with Crippen LogP contribution in [0.2, 0.25) is 0 Å². The molecule has 0 bridgehead atoms. The Morgan fingerprint density at radius 2 is 1.96 bits per heavy atom. The molecule has 1 amide bonds. The van der Waals surface area contributed by atoms with E-state index in [1.165, 1.54) is 7.11 Å². The van der Waals surface area contributed by atoms with Crippen LogP contribution in [0.15, 0.2) is 36.1 Å². The lowest BCUT2D eigenvalue weighted by atomic mass is 10.2. The van der Waals surface area contributed by atoms with Crippen molar-refractivity contribution < 1.29 is 28.6 Å². The zero-order valence-electron chi connectivity index (χ0n) is 15.1. The van der Waals surface area contributed by atoms with Crippen molar-refractivity contribution in [2.24, 2.45) is 0 Å². The van der Waals surface area contributed by atoms with Crippen LogP contribution in [-0.4, -0.2) is 35.9 Å². The zero-order chi connectivity index (χ0) is 18.6. The number of hydrogen-bond donors (Lipinski definition) is 0. The molecule has 0 atom stereocenters. The number of rotatable bonds is 6. The van der Waals surface area contributed by atoms with Gasteiger partial charge in [-0.25, -0.2) is 9.86 Å². The smallest absolute Gasteiger partial charge is 0.377 e. The van der Waals surface area contributed by atoms with Crippen molar-refractivity contribution in [3.8, 4) is 5.75 Å². The summed E-state index contributed by atoms with van der Waals surface area (Å²) < 4.78 is 16.1. The van der Waals surface area contributed by atoms with E-state index < -0.39 is 17.7 Å². The highest BCUT2D eigenvalue weighted by Gasteiger charge is 2.38. The van der Waals surface area contributed by atoms with Crippen LogP contribution in [-0.2, 0) is 30.4 Å². The van der Waals surface area contributed by atoms with Crippen LogP contribution in [0.25, 0.3) is 0 Å². The average Bonchev–Trinajstić information content (AvgIpc) is 2.77. The molecule has 1 heterocycles. The molecule has 1 saturated heterocycles. The number of carbonyl (C=O) groups is 2. The van der Waals surface area contributed by atoms with Gasteiger partial charge in [-0.05, 0) is 19.9 Å². The first-order chi connectivity index (χ1) is 11.7. The number of ether oxygens (including phenoxy) is 3. The predicted molar refractivity (Wildman–Crippen MR) is 89.1 cm³/mol. The minimum Gasteiger partial charge on any atom is -0.491 e. The van der Waals surface area contributed by atoms with Gasteiger partial charge in [0.05, 0.1) is 25.8 Å². The van der Waals surface area contributed by atoms with Crippen molar-refractivity contribution in [3.63, 3.8) is 0 Å². The van der Waals surface area contributed by atoms with E-state index in [4.69, 9.17) is 19.0 Å². The first-order valence-corrected chi connectivity index (χ1v) is 7.96. The van der Waals surface area contributed by atoms with E-state index in [2.05, 4.69) is 0 Å². The van der Waals surface area contributed by atoms with Gasteiger partial charge >= 0.3 is 5.97 Å². The van der Waals surface area contributed by atoms with Gasteiger partial charge in [0.15, 0.2) is 0 Å². The fourth-order valence-electron chi connectivity index (χ4n) is 2.26. The van der Waals surface area contributed by atoms with Gasteiger partial charge in [-0.15, -0.1) is 0 Å². The summed E-state index contributed by atoms with van der Waals surface area (Å²) in [5.74, 6) is -1.79. The first-order valence-electron chi connectivity index (χ1n) is 7.96. The molecule has 0 unspecified atom stereocenters. The third-order valence-corrected chi connectivity index (χ3v) is 3.27. The molecule has 0 radical (unpaired) electrons. The Morgan fingerprint density at radius 1 is 1.28 bits per heavy atom. The molecular formula is C18H23NO6. The number of esters is 1. The van der Waals surface area contributed by atoms with Gasteiger partial charge in [0, 0.05) is 19.4 Å². The highest BCUT2D eigenvalue weighted by molar-refractivity contribution is 5.97. The summed E-state index contributed by atoms with van der Waals surface area (Å²) in [7, 11) is 1.38. The number of amides is 1. The molecule has 1 aliphatic rings. The lowest BCUT2D eigenvalue weighted by Gasteiger charge is -2.21. The third kappa shape index (κ3) is 4.96. The monoisotopic (exact) mass is 349 g/mol. The van der Waals surface area contributed by atoms with Gasteiger partial charge in [0.25, 0.3) is 5.91 Å². The van der Waals surface area contributed by atoms with Crippen molar-refractivity contribution in [2.75, 3.05) is 7.11 Å². The summed E-state index contributed by atoms with van der Waals surface area (Å²) in [5.41, 5.74) is 0.778. The van der Waals surface area contributed by atoms with E-state index in [0.29, 0.717) is 5.75 Å². The van der Waals surface area contributed by atoms with Gasteiger partial charge in [-0.1, -0.05) is 18.2 Å². The van der Waals surface area contributed by atoms with E-state index in [0.717, 1.165) is 16.7 Å². The first kappa shape index (κ1) is 18.8. The number of hydroxylamine groups is 2. The molecule has 0 spiro atoms. The summed E-state index contributed by atoms with van der Waals surface area (Å²) in [6, 6.07) is 7.37. The maximum Gasteiger partial charge on any atom is 0.377 e. The van der Waals surface area contributed by atoms with Crippen LogP contribution in [0.3, 0.4) is 0 Å². The average molecular weight is 349 g/mol. The lowest BCUT2D eigenvalue weighted by Crippen LogP contribution is -2.29. The molecule has 7 heteroatoms. The third-order valence-electron chi connectivity index (χ3n) is 3.27. The molecule has 0 N–H and O–H groups in total. The fourth-order valence-corrected chi connectivity index (χ4v) is 2.26. The topological polar surface area (TPSA) is 74.3 Å². The van der Waals surface area contributed by atoms with Crippen molar-refractivity contribution in [1.82, 2.24) is 5.06 Å². The predicted octanol–water partition coefficient (Wildman–Crippen LogP) is 2.56. The number of para-hydroxylation sites is 1. The molecule has 7 nitrogen and oxygen atoms in total. The molecule has 0 saturated carbocycles. The Labute approximate surface area is 147 Å². The fraction of sp³-hybridized carbons (Fsp3) is 0.444. The largest absolute Gasteiger partial charge is 0.491 e. The number of cyclic esters (lactones) is 1. The van der Waals surface area contributed by atoms with Gasteiger partial charge in [-0.2, -0.15) is 0 Å². The molecule has 1 aromatic rings. The molecule has 1 aliphatic heterocycles. The summed E-state index contributed by atoms with van der Waals surface area (Å²) in [5, 5.41) is 1.11. The standard InChI is InChI=1S/C18H23NO6/c1-12(2)23-14-9-7-6-8-13(14)11-19(22-5)16(20)10-15-17(21)25-18(3,4)24-15/h6-10,12H,11H2,1-5H3/b15-10-. The quantitative estimate of drug-likeness (QED) is 0.446. The van der Waals surface area contributed by atoms with E-state index in [9.17, 15) is 9.59 Å². The molecule has 0 aromatic heterocycles. The maximum atomic E-state index is 12.4. The Bertz CT molecular complexity index is 680. The minimum absolute atomic E-state index is 0.00106. The van der Waals surface area contributed by atoms with E-state index in [-0.39, 0.29) is 18.4 Å². The zero-order valence-corrected chi connectivity index (χ0v) is 15.1. The van der Waals surface area contributed by atoms with Gasteiger partial charge in [0.1, 0.15) is 5.75 Å².